The number of aliphatic carboxylic acids is 1. The zero-order chi connectivity index (χ0) is 19.5. The van der Waals surface area contributed by atoms with Gasteiger partial charge >= 0.3 is 5.97 Å². The molecule has 1 saturated heterocycles. The van der Waals surface area contributed by atoms with Crippen LogP contribution in [0.5, 0.6) is 0 Å². The van der Waals surface area contributed by atoms with Crippen LogP contribution in [0.15, 0.2) is 23.1 Å². The number of carboxylic acid groups (broad SMARTS) is 1. The van der Waals surface area contributed by atoms with Crippen molar-refractivity contribution in [2.45, 2.75) is 31.1 Å². The molecule has 1 fully saturated rings. The second kappa shape index (κ2) is 7.75. The molecule has 7 nitrogen and oxygen atoms in total. The summed E-state index contributed by atoms with van der Waals surface area (Å²) in [4.78, 5) is 26.4. The quantitative estimate of drug-likeness (QED) is 0.801. The average Bonchev–Trinajstić information content (AvgIpc) is 2.60. The maximum Gasteiger partial charge on any atom is 0.313 e. The maximum absolute atomic E-state index is 13.1. The van der Waals surface area contributed by atoms with Gasteiger partial charge in [-0.25, -0.2) is 8.42 Å². The molecule has 144 valence electrons. The van der Waals surface area contributed by atoms with Crippen LogP contribution in [0.2, 0.25) is 0 Å². The molecule has 1 N–H and O–H groups in total. The Morgan fingerprint density at radius 3 is 2.58 bits per heavy atom. The van der Waals surface area contributed by atoms with E-state index in [2.05, 4.69) is 0 Å². The molecule has 1 aromatic carbocycles. The first-order valence-electron chi connectivity index (χ1n) is 8.49. The third-order valence-corrected chi connectivity index (χ3v) is 5.97. The van der Waals surface area contributed by atoms with Crippen LogP contribution in [0.3, 0.4) is 0 Å². The van der Waals surface area contributed by atoms with E-state index in [1.165, 1.54) is 24.1 Å². The number of sulfone groups is 1. The third kappa shape index (κ3) is 4.07. The molecule has 2 rings (SSSR count). The molecule has 0 radical (unpaired) electrons. The zero-order valence-electron chi connectivity index (χ0n) is 15.3. The SMILES string of the molecule is CCc1ccc(S(C)(=O)=O)cc1C(=O)N1CCCC(COC)(C(=O)O)C1. The lowest BCUT2D eigenvalue weighted by Gasteiger charge is -2.39. The van der Waals surface area contributed by atoms with E-state index in [9.17, 15) is 23.1 Å². The van der Waals surface area contributed by atoms with E-state index in [1.54, 1.807) is 6.07 Å². The number of amides is 1. The Morgan fingerprint density at radius 1 is 1.35 bits per heavy atom. The molecule has 1 aliphatic rings. The fraction of sp³-hybridized carbons (Fsp3) is 0.556. The molecule has 0 spiro atoms. The van der Waals surface area contributed by atoms with Gasteiger partial charge in [-0.15, -0.1) is 0 Å². The normalized spacial score (nSPS) is 20.8. The monoisotopic (exact) mass is 383 g/mol. The number of rotatable bonds is 6. The van der Waals surface area contributed by atoms with Crippen molar-refractivity contribution in [3.8, 4) is 0 Å². The average molecular weight is 383 g/mol. The summed E-state index contributed by atoms with van der Waals surface area (Å²) in [6.07, 6.45) is 2.65. The highest BCUT2D eigenvalue weighted by Crippen LogP contribution is 2.32. The van der Waals surface area contributed by atoms with Gasteiger partial charge in [0.2, 0.25) is 0 Å². The van der Waals surface area contributed by atoms with Crippen molar-refractivity contribution in [2.75, 3.05) is 33.1 Å². The second-order valence-electron chi connectivity index (χ2n) is 6.79. The lowest BCUT2D eigenvalue weighted by Crippen LogP contribution is -2.52. The number of carbonyl (C=O) groups is 2. The molecule has 1 heterocycles. The summed E-state index contributed by atoms with van der Waals surface area (Å²) < 4.78 is 28.8. The smallest absolute Gasteiger partial charge is 0.313 e. The van der Waals surface area contributed by atoms with Crippen molar-refractivity contribution in [3.63, 3.8) is 0 Å². The van der Waals surface area contributed by atoms with Crippen LogP contribution in [0, 0.1) is 5.41 Å². The van der Waals surface area contributed by atoms with Crippen LogP contribution in [-0.4, -0.2) is 63.4 Å². The number of piperidine rings is 1. The van der Waals surface area contributed by atoms with Crippen molar-refractivity contribution in [2.24, 2.45) is 5.41 Å². The summed E-state index contributed by atoms with van der Waals surface area (Å²) in [7, 11) is -2.00. The van der Waals surface area contributed by atoms with Crippen molar-refractivity contribution < 1.29 is 27.9 Å². The Hall–Kier alpha value is -1.93. The molecule has 1 unspecified atom stereocenters. The van der Waals surface area contributed by atoms with Gasteiger partial charge in [0.05, 0.1) is 11.5 Å². The molecule has 1 amide bonds. The van der Waals surface area contributed by atoms with Crippen LogP contribution in [0.1, 0.15) is 35.7 Å². The summed E-state index contributed by atoms with van der Waals surface area (Å²) in [6, 6.07) is 4.53. The number of hydrogen-bond acceptors (Lipinski definition) is 5. The molecule has 1 aliphatic heterocycles. The van der Waals surface area contributed by atoms with Gasteiger partial charge in [-0.3, -0.25) is 9.59 Å². The number of aryl methyl sites for hydroxylation is 1. The highest BCUT2D eigenvalue weighted by atomic mass is 32.2. The van der Waals surface area contributed by atoms with Gasteiger partial charge < -0.3 is 14.7 Å². The first kappa shape index (κ1) is 20.4. The summed E-state index contributed by atoms with van der Waals surface area (Å²) >= 11 is 0. The molecular formula is C18H25NO6S. The van der Waals surface area contributed by atoms with E-state index in [1.807, 2.05) is 6.92 Å². The van der Waals surface area contributed by atoms with E-state index < -0.39 is 21.2 Å². The minimum Gasteiger partial charge on any atom is -0.481 e. The molecule has 8 heteroatoms. The summed E-state index contributed by atoms with van der Waals surface area (Å²) in [5.74, 6) is -1.33. The number of nitrogens with zero attached hydrogens (tertiary/aromatic N) is 1. The van der Waals surface area contributed by atoms with Crippen LogP contribution in [0.25, 0.3) is 0 Å². The number of ether oxygens (including phenoxy) is 1. The van der Waals surface area contributed by atoms with Gasteiger partial charge in [0.25, 0.3) is 5.91 Å². The second-order valence-corrected chi connectivity index (χ2v) is 8.81. The predicted molar refractivity (Wildman–Crippen MR) is 96.0 cm³/mol. The molecule has 0 aromatic heterocycles. The number of carboxylic acids is 1. The first-order chi connectivity index (χ1) is 12.1. The van der Waals surface area contributed by atoms with E-state index in [0.29, 0.717) is 31.4 Å². The van der Waals surface area contributed by atoms with E-state index in [-0.39, 0.29) is 24.0 Å². The Balaban J connectivity index is 2.40. The minimum absolute atomic E-state index is 0.0239. The largest absolute Gasteiger partial charge is 0.481 e. The highest BCUT2D eigenvalue weighted by molar-refractivity contribution is 7.90. The molecule has 1 aromatic rings. The number of hydrogen-bond donors (Lipinski definition) is 1. The third-order valence-electron chi connectivity index (χ3n) is 4.86. The van der Waals surface area contributed by atoms with Gasteiger partial charge in [0, 0.05) is 32.0 Å². The standard InChI is InChI=1S/C18H25NO6S/c1-4-13-6-7-14(26(3,23)24)10-15(13)16(20)19-9-5-8-18(11-19,12-25-2)17(21)22/h6-7,10H,4-5,8-9,11-12H2,1-3H3,(H,21,22). The van der Waals surface area contributed by atoms with Gasteiger partial charge in [0.1, 0.15) is 5.41 Å². The fourth-order valence-electron chi connectivity index (χ4n) is 3.40. The van der Waals surface area contributed by atoms with Crippen molar-refractivity contribution in [3.05, 3.63) is 29.3 Å². The zero-order valence-corrected chi connectivity index (χ0v) is 16.1. The Morgan fingerprint density at radius 2 is 2.04 bits per heavy atom. The minimum atomic E-state index is -3.44. The predicted octanol–water partition coefficient (Wildman–Crippen LogP) is 1.61. The number of carbonyl (C=O) groups excluding carboxylic acids is 1. The van der Waals surface area contributed by atoms with Gasteiger partial charge in [-0.1, -0.05) is 13.0 Å². The molecular weight excluding hydrogens is 358 g/mol. The fourth-order valence-corrected chi connectivity index (χ4v) is 4.05. The lowest BCUT2D eigenvalue weighted by atomic mass is 9.80. The Labute approximate surface area is 153 Å². The molecule has 0 saturated carbocycles. The first-order valence-corrected chi connectivity index (χ1v) is 10.4. The topological polar surface area (TPSA) is 101 Å². The van der Waals surface area contributed by atoms with Gasteiger partial charge in [-0.2, -0.15) is 0 Å². The van der Waals surface area contributed by atoms with Crippen molar-refractivity contribution >= 4 is 21.7 Å². The van der Waals surface area contributed by atoms with Crippen LogP contribution < -0.4 is 0 Å². The summed E-state index contributed by atoms with van der Waals surface area (Å²) in [6.45, 7) is 2.39. The molecule has 1 atom stereocenters. The van der Waals surface area contributed by atoms with Gasteiger partial charge in [-0.05, 0) is 37.0 Å². The Kier molecular flexibility index (Phi) is 6.08. The van der Waals surface area contributed by atoms with E-state index >= 15 is 0 Å². The molecule has 26 heavy (non-hydrogen) atoms. The van der Waals surface area contributed by atoms with Crippen LogP contribution >= 0.6 is 0 Å². The maximum atomic E-state index is 13.1. The number of likely N-dealkylation sites (tertiary alicyclic amines) is 1. The number of methoxy groups -OCH3 is 1. The number of benzene rings is 1. The van der Waals surface area contributed by atoms with Crippen molar-refractivity contribution in [1.29, 1.82) is 0 Å². The van der Waals surface area contributed by atoms with E-state index in [0.717, 1.165) is 11.8 Å². The van der Waals surface area contributed by atoms with Crippen LogP contribution in [-0.2, 0) is 25.8 Å². The van der Waals surface area contributed by atoms with E-state index in [4.69, 9.17) is 4.74 Å². The van der Waals surface area contributed by atoms with Crippen molar-refractivity contribution in [1.82, 2.24) is 4.90 Å². The molecule has 0 bridgehead atoms. The van der Waals surface area contributed by atoms with Crippen LogP contribution in [0.4, 0.5) is 0 Å². The Bertz CT molecular complexity index is 800. The summed E-state index contributed by atoms with van der Waals surface area (Å²) in [5, 5.41) is 9.64. The highest BCUT2D eigenvalue weighted by Gasteiger charge is 2.44. The molecule has 0 aliphatic carbocycles. The van der Waals surface area contributed by atoms with Gasteiger partial charge in [0.15, 0.2) is 9.84 Å². The lowest BCUT2D eigenvalue weighted by molar-refractivity contribution is -0.155. The summed E-state index contributed by atoms with van der Waals surface area (Å²) in [5.41, 5.74) is -0.0848.